The molecule has 2 rings (SSSR count). The van der Waals surface area contributed by atoms with E-state index in [-0.39, 0.29) is 0 Å². The summed E-state index contributed by atoms with van der Waals surface area (Å²) in [6.45, 7) is 2.90. The van der Waals surface area contributed by atoms with Crippen LogP contribution in [0.3, 0.4) is 0 Å². The molecule has 0 amide bonds. The van der Waals surface area contributed by atoms with Gasteiger partial charge in [0, 0.05) is 11.1 Å². The summed E-state index contributed by atoms with van der Waals surface area (Å²) < 4.78 is 7.52. The second-order valence-electron chi connectivity index (χ2n) is 4.15. The summed E-state index contributed by atoms with van der Waals surface area (Å²) in [6.07, 6.45) is 3.57. The Balaban J connectivity index is 2.02. The predicted molar refractivity (Wildman–Crippen MR) is 72.3 cm³/mol. The molecule has 0 radical (unpaired) electrons. The minimum absolute atomic E-state index is 0.365. The molecule has 0 saturated carbocycles. The second-order valence-corrected chi connectivity index (χ2v) is 4.58. The lowest BCUT2D eigenvalue weighted by molar-refractivity contribution is 0.468. The van der Waals surface area contributed by atoms with Crippen LogP contribution in [-0.2, 0) is 6.54 Å². The molecule has 0 aliphatic heterocycles. The van der Waals surface area contributed by atoms with Crippen molar-refractivity contribution in [3.05, 3.63) is 41.7 Å². The predicted octanol–water partition coefficient (Wildman–Crippen LogP) is 2.94. The number of nitrogens with zero attached hydrogens (tertiary/aromatic N) is 2. The first-order chi connectivity index (χ1) is 8.67. The zero-order valence-electron chi connectivity index (χ0n) is 10.4. The molecule has 4 nitrogen and oxygen atoms in total. The maximum Gasteiger partial charge on any atom is 0.165 e. The second kappa shape index (κ2) is 5.89. The molecular weight excluding hydrogens is 250 g/mol. The maximum atomic E-state index is 5.89. The summed E-state index contributed by atoms with van der Waals surface area (Å²) in [7, 11) is 1.93. The maximum absolute atomic E-state index is 5.89. The number of hydrogen-bond acceptors (Lipinski definition) is 3. The van der Waals surface area contributed by atoms with Gasteiger partial charge in [0.2, 0.25) is 0 Å². The zero-order valence-corrected chi connectivity index (χ0v) is 11.2. The van der Waals surface area contributed by atoms with Crippen molar-refractivity contribution in [3.8, 4) is 11.5 Å². The van der Waals surface area contributed by atoms with Gasteiger partial charge in [0.1, 0.15) is 5.75 Å². The summed E-state index contributed by atoms with van der Waals surface area (Å²) >= 11 is 5.89. The Morgan fingerprint density at radius 3 is 3.00 bits per heavy atom. The molecular formula is C13H16ClN3O. The fourth-order valence-corrected chi connectivity index (χ4v) is 1.72. The lowest BCUT2D eigenvalue weighted by Crippen LogP contribution is -2.26. The van der Waals surface area contributed by atoms with Crippen molar-refractivity contribution >= 4 is 11.6 Å². The van der Waals surface area contributed by atoms with Gasteiger partial charge in [-0.2, -0.15) is 5.10 Å². The lowest BCUT2D eigenvalue weighted by Gasteiger charge is -2.09. The molecule has 0 bridgehead atoms. The monoisotopic (exact) mass is 265 g/mol. The van der Waals surface area contributed by atoms with Crippen molar-refractivity contribution in [2.75, 3.05) is 7.05 Å². The highest BCUT2D eigenvalue weighted by molar-refractivity contribution is 6.30. The number of halogens is 1. The summed E-state index contributed by atoms with van der Waals surface area (Å²) in [5.41, 5.74) is 0. The Kier molecular flexibility index (Phi) is 4.23. The first-order valence-electron chi connectivity index (χ1n) is 5.80. The Morgan fingerprint density at radius 2 is 2.28 bits per heavy atom. The molecule has 0 saturated heterocycles. The van der Waals surface area contributed by atoms with Crippen LogP contribution in [0.1, 0.15) is 6.92 Å². The van der Waals surface area contributed by atoms with E-state index >= 15 is 0 Å². The number of likely N-dealkylation sites (N-methyl/N-ethyl adjacent to an activating group) is 1. The van der Waals surface area contributed by atoms with Gasteiger partial charge in [-0.1, -0.05) is 17.7 Å². The molecule has 5 heteroatoms. The number of aromatic nitrogens is 2. The van der Waals surface area contributed by atoms with E-state index in [1.54, 1.807) is 12.3 Å². The Hall–Kier alpha value is -1.52. The minimum Gasteiger partial charge on any atom is -0.454 e. The first-order valence-corrected chi connectivity index (χ1v) is 6.18. The molecule has 1 unspecified atom stereocenters. The fourth-order valence-electron chi connectivity index (χ4n) is 1.54. The van der Waals surface area contributed by atoms with E-state index in [0.29, 0.717) is 22.6 Å². The molecule has 1 N–H and O–H groups in total. The molecule has 1 aromatic carbocycles. The summed E-state index contributed by atoms with van der Waals surface area (Å²) in [4.78, 5) is 0. The molecule has 2 aromatic rings. The Labute approximate surface area is 112 Å². The van der Waals surface area contributed by atoms with Crippen LogP contribution < -0.4 is 10.1 Å². The molecule has 1 heterocycles. The van der Waals surface area contributed by atoms with Gasteiger partial charge in [-0.3, -0.25) is 4.68 Å². The van der Waals surface area contributed by atoms with Crippen LogP contribution in [0, 0.1) is 0 Å². The minimum atomic E-state index is 0.365. The number of nitrogens with one attached hydrogen (secondary N) is 1. The van der Waals surface area contributed by atoms with Gasteiger partial charge in [0.05, 0.1) is 18.9 Å². The van der Waals surface area contributed by atoms with Crippen molar-refractivity contribution < 1.29 is 4.74 Å². The number of hydrogen-bond donors (Lipinski definition) is 1. The number of benzene rings is 1. The SMILES string of the molecule is CNC(C)Cn1cc(Oc2cccc(Cl)c2)cn1. The third kappa shape index (κ3) is 3.48. The van der Waals surface area contributed by atoms with E-state index in [0.717, 1.165) is 6.54 Å². The first kappa shape index (κ1) is 12.9. The van der Waals surface area contributed by atoms with Crippen molar-refractivity contribution in [1.29, 1.82) is 0 Å². The van der Waals surface area contributed by atoms with Crippen molar-refractivity contribution in [3.63, 3.8) is 0 Å². The van der Waals surface area contributed by atoms with Gasteiger partial charge >= 0.3 is 0 Å². The van der Waals surface area contributed by atoms with Crippen LogP contribution >= 0.6 is 11.6 Å². The molecule has 0 aliphatic rings. The fraction of sp³-hybridized carbons (Fsp3) is 0.308. The van der Waals surface area contributed by atoms with Gasteiger partial charge in [-0.25, -0.2) is 0 Å². The topological polar surface area (TPSA) is 39.1 Å². The highest BCUT2D eigenvalue weighted by atomic mass is 35.5. The van der Waals surface area contributed by atoms with Crippen LogP contribution in [0.4, 0.5) is 0 Å². The van der Waals surface area contributed by atoms with Crippen LogP contribution in [0.2, 0.25) is 5.02 Å². The van der Waals surface area contributed by atoms with Crippen molar-refractivity contribution in [2.24, 2.45) is 0 Å². The molecule has 96 valence electrons. The van der Waals surface area contributed by atoms with E-state index in [4.69, 9.17) is 16.3 Å². The smallest absolute Gasteiger partial charge is 0.165 e. The van der Waals surface area contributed by atoms with Gasteiger partial charge in [-0.05, 0) is 32.2 Å². The van der Waals surface area contributed by atoms with Crippen molar-refractivity contribution in [1.82, 2.24) is 15.1 Å². The molecule has 1 atom stereocenters. The van der Waals surface area contributed by atoms with E-state index < -0.39 is 0 Å². The normalized spacial score (nSPS) is 12.4. The number of ether oxygens (including phenoxy) is 1. The number of rotatable bonds is 5. The summed E-state index contributed by atoms with van der Waals surface area (Å²) in [5.74, 6) is 1.42. The van der Waals surface area contributed by atoms with Gasteiger partial charge in [-0.15, -0.1) is 0 Å². The van der Waals surface area contributed by atoms with Crippen LogP contribution in [-0.4, -0.2) is 22.9 Å². The van der Waals surface area contributed by atoms with E-state index in [1.807, 2.05) is 36.1 Å². The average Bonchev–Trinajstić information content (AvgIpc) is 2.76. The summed E-state index contributed by atoms with van der Waals surface area (Å²) in [6, 6.07) is 7.66. The quantitative estimate of drug-likeness (QED) is 0.903. The Bertz CT molecular complexity index is 512. The van der Waals surface area contributed by atoms with E-state index in [1.165, 1.54) is 0 Å². The molecule has 0 aliphatic carbocycles. The molecule has 1 aromatic heterocycles. The Morgan fingerprint density at radius 1 is 1.44 bits per heavy atom. The highest BCUT2D eigenvalue weighted by Gasteiger charge is 2.04. The van der Waals surface area contributed by atoms with E-state index in [9.17, 15) is 0 Å². The summed E-state index contributed by atoms with van der Waals surface area (Å²) in [5, 5.41) is 8.06. The highest BCUT2D eigenvalue weighted by Crippen LogP contribution is 2.23. The van der Waals surface area contributed by atoms with Gasteiger partial charge < -0.3 is 10.1 Å². The third-order valence-corrected chi connectivity index (χ3v) is 2.83. The zero-order chi connectivity index (χ0) is 13.0. The third-order valence-electron chi connectivity index (χ3n) is 2.60. The molecule has 0 fully saturated rings. The van der Waals surface area contributed by atoms with Gasteiger partial charge in [0.15, 0.2) is 5.75 Å². The van der Waals surface area contributed by atoms with Crippen LogP contribution in [0.5, 0.6) is 11.5 Å². The standard InChI is InChI=1S/C13H16ClN3O/c1-10(15-2)8-17-9-13(7-16-17)18-12-5-3-4-11(14)6-12/h3-7,9-10,15H,8H2,1-2H3. The largest absolute Gasteiger partial charge is 0.454 e. The van der Waals surface area contributed by atoms with Crippen LogP contribution in [0.25, 0.3) is 0 Å². The van der Waals surface area contributed by atoms with Crippen LogP contribution in [0.15, 0.2) is 36.7 Å². The van der Waals surface area contributed by atoms with E-state index in [2.05, 4.69) is 17.3 Å². The lowest BCUT2D eigenvalue weighted by atomic mass is 10.3. The average molecular weight is 266 g/mol. The molecule has 18 heavy (non-hydrogen) atoms. The van der Waals surface area contributed by atoms with Crippen molar-refractivity contribution in [2.45, 2.75) is 19.5 Å². The molecule has 0 spiro atoms. The van der Waals surface area contributed by atoms with Gasteiger partial charge in [0.25, 0.3) is 0 Å².